The number of hydrogen-bond donors (Lipinski definition) is 1. The van der Waals surface area contributed by atoms with Gasteiger partial charge in [-0.05, 0) is 40.4 Å². The largest absolute Gasteiger partial charge is 0.359 e. The van der Waals surface area contributed by atoms with E-state index in [1.54, 1.807) is 0 Å². The Morgan fingerprint density at radius 3 is 2.53 bits per heavy atom. The lowest BCUT2D eigenvalue weighted by molar-refractivity contribution is 0.550. The molecule has 0 amide bonds. The van der Waals surface area contributed by atoms with E-state index in [2.05, 4.69) is 71.9 Å². The first-order chi connectivity index (χ1) is 8.90. The summed E-state index contributed by atoms with van der Waals surface area (Å²) in [6.07, 6.45) is 1.87. The van der Waals surface area contributed by atoms with Gasteiger partial charge in [-0.2, -0.15) is 0 Å². The van der Waals surface area contributed by atoms with Crippen LogP contribution in [0.15, 0.2) is 16.7 Å². The van der Waals surface area contributed by atoms with Crippen LogP contribution in [0.25, 0.3) is 0 Å². The Balaban J connectivity index is 2.79. The first-order valence-corrected chi connectivity index (χ1v) is 7.75. The predicted molar refractivity (Wildman–Crippen MR) is 86.6 cm³/mol. The van der Waals surface area contributed by atoms with Gasteiger partial charge in [-0.1, -0.05) is 27.7 Å². The van der Waals surface area contributed by atoms with E-state index in [-0.39, 0.29) is 0 Å². The van der Waals surface area contributed by atoms with Gasteiger partial charge in [-0.3, -0.25) is 0 Å². The maximum absolute atomic E-state index is 4.57. The van der Waals surface area contributed by atoms with Crippen molar-refractivity contribution in [1.82, 2.24) is 10.3 Å². The SMILES string of the molecule is CC(C)CNCc1cc(Br)cnc1N(C)CC(C)C. The molecule has 1 heterocycles. The highest BCUT2D eigenvalue weighted by molar-refractivity contribution is 9.10. The molecule has 1 aromatic heterocycles. The molecule has 19 heavy (non-hydrogen) atoms. The number of rotatable bonds is 7. The van der Waals surface area contributed by atoms with Crippen LogP contribution < -0.4 is 10.2 Å². The lowest BCUT2D eigenvalue weighted by Crippen LogP contribution is -2.26. The molecule has 0 radical (unpaired) electrons. The van der Waals surface area contributed by atoms with Gasteiger partial charge in [0.25, 0.3) is 0 Å². The van der Waals surface area contributed by atoms with E-state index < -0.39 is 0 Å². The summed E-state index contributed by atoms with van der Waals surface area (Å²) < 4.78 is 1.04. The second kappa shape index (κ2) is 7.85. The van der Waals surface area contributed by atoms with Crippen LogP contribution in [0.4, 0.5) is 5.82 Å². The fourth-order valence-corrected chi connectivity index (χ4v) is 2.46. The van der Waals surface area contributed by atoms with Crippen molar-refractivity contribution >= 4 is 21.7 Å². The van der Waals surface area contributed by atoms with Crippen LogP contribution in [-0.4, -0.2) is 25.1 Å². The van der Waals surface area contributed by atoms with Crippen LogP contribution in [0.1, 0.15) is 33.3 Å². The molecule has 4 heteroatoms. The first-order valence-electron chi connectivity index (χ1n) is 6.96. The van der Waals surface area contributed by atoms with Crippen LogP contribution in [0.3, 0.4) is 0 Å². The molecule has 3 nitrogen and oxygen atoms in total. The standard InChI is InChI=1S/C15H26BrN3/c1-11(2)7-17-8-13-6-14(16)9-18-15(13)19(5)10-12(3)4/h6,9,11-12,17H,7-8,10H2,1-5H3. The number of anilines is 1. The third-order valence-corrected chi connectivity index (χ3v) is 3.21. The smallest absolute Gasteiger partial charge is 0.132 e. The number of nitrogens with one attached hydrogen (secondary N) is 1. The van der Waals surface area contributed by atoms with E-state index in [1.165, 1.54) is 5.56 Å². The Kier molecular flexibility index (Phi) is 6.80. The molecule has 1 N–H and O–H groups in total. The zero-order chi connectivity index (χ0) is 14.4. The highest BCUT2D eigenvalue weighted by atomic mass is 79.9. The minimum Gasteiger partial charge on any atom is -0.359 e. The first kappa shape index (κ1) is 16.4. The quantitative estimate of drug-likeness (QED) is 0.827. The Labute approximate surface area is 125 Å². The third-order valence-electron chi connectivity index (χ3n) is 2.78. The monoisotopic (exact) mass is 327 g/mol. The van der Waals surface area contributed by atoms with Gasteiger partial charge >= 0.3 is 0 Å². The van der Waals surface area contributed by atoms with Crippen molar-refractivity contribution in [3.8, 4) is 0 Å². The summed E-state index contributed by atoms with van der Waals surface area (Å²) in [5.74, 6) is 2.37. The molecular formula is C15H26BrN3. The van der Waals surface area contributed by atoms with Crippen LogP contribution >= 0.6 is 15.9 Å². The highest BCUT2D eigenvalue weighted by Gasteiger charge is 2.11. The number of hydrogen-bond acceptors (Lipinski definition) is 3. The van der Waals surface area contributed by atoms with Crippen molar-refractivity contribution in [2.45, 2.75) is 34.2 Å². The third kappa shape index (κ3) is 5.91. The van der Waals surface area contributed by atoms with E-state index in [4.69, 9.17) is 0 Å². The average Bonchev–Trinajstić information content (AvgIpc) is 2.27. The topological polar surface area (TPSA) is 28.2 Å². The van der Waals surface area contributed by atoms with Gasteiger partial charge in [0.2, 0.25) is 0 Å². The predicted octanol–water partition coefficient (Wildman–Crippen LogP) is 3.68. The molecule has 1 aromatic rings. The normalized spacial score (nSPS) is 11.4. The van der Waals surface area contributed by atoms with Gasteiger partial charge in [0.15, 0.2) is 0 Å². The summed E-state index contributed by atoms with van der Waals surface area (Å²) in [5.41, 5.74) is 1.25. The van der Waals surface area contributed by atoms with Gasteiger partial charge < -0.3 is 10.2 Å². The van der Waals surface area contributed by atoms with Crippen molar-refractivity contribution in [1.29, 1.82) is 0 Å². The van der Waals surface area contributed by atoms with E-state index in [1.807, 2.05) is 6.20 Å². The molecule has 108 valence electrons. The second-order valence-corrected chi connectivity index (χ2v) is 6.85. The van der Waals surface area contributed by atoms with E-state index in [0.29, 0.717) is 11.8 Å². The number of pyridine rings is 1. The van der Waals surface area contributed by atoms with Crippen LogP contribution in [-0.2, 0) is 6.54 Å². The van der Waals surface area contributed by atoms with Crippen molar-refractivity contribution in [2.24, 2.45) is 11.8 Å². The van der Waals surface area contributed by atoms with Crippen LogP contribution in [0.5, 0.6) is 0 Å². The fraction of sp³-hybridized carbons (Fsp3) is 0.667. The van der Waals surface area contributed by atoms with E-state index >= 15 is 0 Å². The number of nitrogens with zero attached hydrogens (tertiary/aromatic N) is 2. The summed E-state index contributed by atoms with van der Waals surface area (Å²) >= 11 is 3.51. The maximum Gasteiger partial charge on any atom is 0.132 e. The minimum absolute atomic E-state index is 0.631. The summed E-state index contributed by atoms with van der Waals surface area (Å²) in [5, 5.41) is 3.49. The van der Waals surface area contributed by atoms with Crippen molar-refractivity contribution in [3.63, 3.8) is 0 Å². The highest BCUT2D eigenvalue weighted by Crippen LogP contribution is 2.21. The summed E-state index contributed by atoms with van der Waals surface area (Å²) in [6, 6.07) is 2.16. The molecule has 0 aliphatic carbocycles. The molecular weight excluding hydrogens is 302 g/mol. The van der Waals surface area contributed by atoms with Gasteiger partial charge in [-0.25, -0.2) is 4.98 Å². The molecule has 0 aliphatic rings. The zero-order valence-electron chi connectivity index (χ0n) is 12.7. The lowest BCUT2D eigenvalue weighted by Gasteiger charge is -2.23. The Bertz CT molecular complexity index is 391. The Hall–Kier alpha value is -0.610. The molecule has 0 bridgehead atoms. The molecule has 0 aromatic carbocycles. The van der Waals surface area contributed by atoms with Gasteiger partial charge in [-0.15, -0.1) is 0 Å². The number of halogens is 1. The van der Waals surface area contributed by atoms with Gasteiger partial charge in [0, 0.05) is 36.4 Å². The molecule has 0 spiro atoms. The van der Waals surface area contributed by atoms with Gasteiger partial charge in [0.05, 0.1) is 0 Å². The minimum atomic E-state index is 0.631. The second-order valence-electron chi connectivity index (χ2n) is 5.94. The summed E-state index contributed by atoms with van der Waals surface area (Å²) in [4.78, 5) is 6.81. The molecule has 0 aliphatic heterocycles. The van der Waals surface area contributed by atoms with E-state index in [9.17, 15) is 0 Å². The van der Waals surface area contributed by atoms with Crippen molar-refractivity contribution in [2.75, 3.05) is 25.0 Å². The molecule has 0 unspecified atom stereocenters. The fourth-order valence-electron chi connectivity index (χ4n) is 2.08. The zero-order valence-corrected chi connectivity index (χ0v) is 14.3. The molecule has 0 fully saturated rings. The van der Waals surface area contributed by atoms with E-state index in [0.717, 1.165) is 29.9 Å². The van der Waals surface area contributed by atoms with Crippen molar-refractivity contribution in [3.05, 3.63) is 22.3 Å². The number of aromatic nitrogens is 1. The summed E-state index contributed by atoms with van der Waals surface area (Å²) in [6.45, 7) is 11.8. The average molecular weight is 328 g/mol. The lowest BCUT2D eigenvalue weighted by atomic mass is 10.2. The molecule has 0 saturated heterocycles. The molecule has 0 saturated carbocycles. The Morgan fingerprint density at radius 1 is 1.26 bits per heavy atom. The van der Waals surface area contributed by atoms with Gasteiger partial charge in [0.1, 0.15) is 5.82 Å². The van der Waals surface area contributed by atoms with Crippen LogP contribution in [0, 0.1) is 11.8 Å². The Morgan fingerprint density at radius 2 is 1.95 bits per heavy atom. The molecule has 0 atom stereocenters. The molecule has 1 rings (SSSR count). The van der Waals surface area contributed by atoms with Crippen LogP contribution in [0.2, 0.25) is 0 Å². The van der Waals surface area contributed by atoms with Crippen molar-refractivity contribution < 1.29 is 0 Å². The summed E-state index contributed by atoms with van der Waals surface area (Å²) in [7, 11) is 2.11. The maximum atomic E-state index is 4.57.